The van der Waals surface area contributed by atoms with E-state index in [1.165, 1.54) is 72.6 Å². The van der Waals surface area contributed by atoms with Crippen LogP contribution in [-0.2, 0) is 0 Å². The van der Waals surface area contributed by atoms with E-state index in [1.807, 2.05) is 0 Å². The lowest BCUT2D eigenvalue weighted by Crippen LogP contribution is -2.28. The van der Waals surface area contributed by atoms with Crippen LogP contribution in [0.25, 0.3) is 33.2 Å². The Morgan fingerprint density at radius 1 is 0.659 bits per heavy atom. The first-order valence-electron chi connectivity index (χ1n) is 15.5. The molecule has 2 N–H and O–H groups in total. The van der Waals surface area contributed by atoms with E-state index in [4.69, 9.17) is 0 Å². The second-order valence-corrected chi connectivity index (χ2v) is 11.8. The van der Waals surface area contributed by atoms with Crippen LogP contribution in [0.5, 0.6) is 0 Å². The Bertz CT molecular complexity index is 2100. The predicted molar refractivity (Wildman–Crippen MR) is 184 cm³/mol. The monoisotopic (exact) mass is 568 g/mol. The molecule has 1 aliphatic carbocycles. The van der Waals surface area contributed by atoms with Crippen LogP contribution in [0, 0.1) is 0 Å². The third-order valence-corrected chi connectivity index (χ3v) is 9.43. The molecule has 0 saturated carbocycles. The van der Waals surface area contributed by atoms with Crippen LogP contribution in [0.4, 0.5) is 11.5 Å². The summed E-state index contributed by atoms with van der Waals surface area (Å²) in [5, 5.41) is 9.94. The van der Waals surface area contributed by atoms with Crippen molar-refractivity contribution in [1.82, 2.24) is 9.88 Å². The highest BCUT2D eigenvalue weighted by atomic mass is 15.2. The predicted octanol–water partition coefficient (Wildman–Crippen LogP) is 8.87. The molecule has 0 bridgehead atoms. The van der Waals surface area contributed by atoms with Crippen molar-refractivity contribution >= 4 is 44.7 Å². The Balaban J connectivity index is 1.15. The van der Waals surface area contributed by atoms with Gasteiger partial charge in [0.25, 0.3) is 0 Å². The molecule has 4 heterocycles. The molecule has 0 radical (unpaired) electrons. The van der Waals surface area contributed by atoms with Crippen LogP contribution in [0.2, 0.25) is 0 Å². The average Bonchev–Trinajstić information content (AvgIpc) is 3.48. The molecule has 4 heteroatoms. The van der Waals surface area contributed by atoms with Crippen LogP contribution in [-0.4, -0.2) is 17.7 Å². The third kappa shape index (κ3) is 3.84. The first-order chi connectivity index (χ1) is 21.8. The van der Waals surface area contributed by atoms with E-state index >= 15 is 0 Å². The van der Waals surface area contributed by atoms with Gasteiger partial charge in [-0.1, -0.05) is 103 Å². The zero-order chi connectivity index (χ0) is 29.0. The molecule has 0 fully saturated rings. The van der Waals surface area contributed by atoms with Crippen molar-refractivity contribution in [3.05, 3.63) is 168 Å². The Morgan fingerprint density at radius 2 is 1.43 bits per heavy atom. The number of dihydropyridines is 1. The minimum atomic E-state index is 0.240. The van der Waals surface area contributed by atoms with Gasteiger partial charge >= 0.3 is 0 Å². The quantitative estimate of drug-likeness (QED) is 0.228. The highest BCUT2D eigenvalue weighted by Crippen LogP contribution is 2.48. The minimum Gasteiger partial charge on any atom is -0.387 e. The van der Waals surface area contributed by atoms with Gasteiger partial charge in [-0.15, -0.1) is 0 Å². The second kappa shape index (κ2) is 10.1. The molecule has 3 aliphatic heterocycles. The molecule has 5 aromatic rings. The lowest BCUT2D eigenvalue weighted by atomic mass is 9.91. The van der Waals surface area contributed by atoms with E-state index in [1.54, 1.807) is 0 Å². The number of fused-ring (bicyclic) bond motifs is 6. The lowest BCUT2D eigenvalue weighted by Gasteiger charge is -2.34. The summed E-state index contributed by atoms with van der Waals surface area (Å²) in [5.74, 6) is 1.18. The summed E-state index contributed by atoms with van der Waals surface area (Å²) >= 11 is 0. The van der Waals surface area contributed by atoms with Crippen molar-refractivity contribution in [2.45, 2.75) is 12.5 Å². The molecule has 9 rings (SSSR count). The van der Waals surface area contributed by atoms with Crippen molar-refractivity contribution in [3.8, 4) is 0 Å². The number of allylic oxidation sites excluding steroid dienone is 5. The van der Waals surface area contributed by atoms with Gasteiger partial charge in [-0.3, -0.25) is 0 Å². The van der Waals surface area contributed by atoms with Gasteiger partial charge in [-0.2, -0.15) is 0 Å². The lowest BCUT2D eigenvalue weighted by molar-refractivity contribution is 0.617. The SMILES string of the molecule is C1=CC2=C(CN1)c1ccccc1C1=C(c3ccn(C4C=CC(c5cccc6ccccc56)=CC4)c3NC1)N2c1ccccc1. The third-order valence-electron chi connectivity index (χ3n) is 9.43. The maximum absolute atomic E-state index is 3.87. The Morgan fingerprint density at radius 3 is 2.30 bits per heavy atom. The molecule has 4 nitrogen and oxygen atoms in total. The summed E-state index contributed by atoms with van der Waals surface area (Å²) in [6.45, 7) is 1.56. The normalized spacial score (nSPS) is 18.5. The average molecular weight is 569 g/mol. The fraction of sp³-hybridized carbons (Fsp3) is 0.100. The van der Waals surface area contributed by atoms with Crippen molar-refractivity contribution in [2.75, 3.05) is 23.3 Å². The van der Waals surface area contributed by atoms with Crippen molar-refractivity contribution in [1.29, 1.82) is 0 Å². The highest BCUT2D eigenvalue weighted by Gasteiger charge is 2.35. The maximum Gasteiger partial charge on any atom is 0.116 e. The number of benzene rings is 4. The Labute approximate surface area is 257 Å². The van der Waals surface area contributed by atoms with Gasteiger partial charge < -0.3 is 20.1 Å². The van der Waals surface area contributed by atoms with Crippen LogP contribution in [0.3, 0.4) is 0 Å². The molecular weight excluding hydrogens is 536 g/mol. The van der Waals surface area contributed by atoms with E-state index in [0.717, 1.165) is 19.5 Å². The molecule has 4 aliphatic rings. The summed E-state index contributed by atoms with van der Waals surface area (Å²) in [7, 11) is 0. The standard InChI is InChI=1S/C40H32N4/c1-2-11-30(12-3-1)44-38-21-23-41-25-36(38)33-14-6-7-15-34(33)37-26-42-40-35(39(37)44)22-24-43(40)29-19-17-28(18-20-29)32-16-8-10-27-9-4-5-13-31(27)32/h1-19,21-24,29,41-42H,20,25-26H2. The largest absolute Gasteiger partial charge is 0.387 e. The van der Waals surface area contributed by atoms with E-state index in [9.17, 15) is 0 Å². The molecular formula is C40H32N4. The number of hydrogen-bond donors (Lipinski definition) is 2. The van der Waals surface area contributed by atoms with E-state index in [0.29, 0.717) is 0 Å². The van der Waals surface area contributed by atoms with Crippen molar-refractivity contribution < 1.29 is 0 Å². The molecule has 0 spiro atoms. The number of hydrogen-bond acceptors (Lipinski definition) is 3. The molecule has 44 heavy (non-hydrogen) atoms. The minimum absolute atomic E-state index is 0.240. The van der Waals surface area contributed by atoms with Gasteiger partial charge in [0.15, 0.2) is 0 Å². The zero-order valence-corrected chi connectivity index (χ0v) is 24.4. The van der Waals surface area contributed by atoms with E-state index < -0.39 is 0 Å². The molecule has 0 saturated heterocycles. The smallest absolute Gasteiger partial charge is 0.116 e. The Hall–Kier alpha value is -5.48. The van der Waals surface area contributed by atoms with Gasteiger partial charge in [-0.25, -0.2) is 0 Å². The molecule has 0 amide bonds. The highest BCUT2D eigenvalue weighted by molar-refractivity contribution is 6.09. The first-order valence-corrected chi connectivity index (χ1v) is 15.5. The second-order valence-electron chi connectivity index (χ2n) is 11.8. The molecule has 1 unspecified atom stereocenters. The first kappa shape index (κ1) is 25.1. The van der Waals surface area contributed by atoms with Crippen LogP contribution in [0.15, 0.2) is 146 Å². The topological polar surface area (TPSA) is 32.2 Å². The number of nitrogens with one attached hydrogen (secondary N) is 2. The number of anilines is 2. The van der Waals surface area contributed by atoms with Gasteiger partial charge in [0.2, 0.25) is 0 Å². The number of aromatic nitrogens is 1. The van der Waals surface area contributed by atoms with Gasteiger partial charge in [0.05, 0.1) is 17.4 Å². The summed E-state index contributed by atoms with van der Waals surface area (Å²) < 4.78 is 2.43. The summed E-state index contributed by atoms with van der Waals surface area (Å²) in [6.07, 6.45) is 14.6. The number of para-hydroxylation sites is 1. The van der Waals surface area contributed by atoms with E-state index in [-0.39, 0.29) is 6.04 Å². The molecule has 212 valence electrons. The molecule has 4 aromatic carbocycles. The van der Waals surface area contributed by atoms with Crippen molar-refractivity contribution in [3.63, 3.8) is 0 Å². The fourth-order valence-electron chi connectivity index (χ4n) is 7.40. The summed E-state index contributed by atoms with van der Waals surface area (Å²) in [5.41, 5.74) is 12.8. The molecule has 1 aromatic heterocycles. The van der Waals surface area contributed by atoms with Crippen LogP contribution >= 0.6 is 0 Å². The maximum atomic E-state index is 3.87. The van der Waals surface area contributed by atoms with Crippen molar-refractivity contribution in [2.24, 2.45) is 0 Å². The van der Waals surface area contributed by atoms with E-state index in [2.05, 4.69) is 160 Å². The molecule has 1 atom stereocenters. The number of rotatable bonds is 3. The van der Waals surface area contributed by atoms with Crippen LogP contribution in [0.1, 0.15) is 34.7 Å². The van der Waals surface area contributed by atoms with Gasteiger partial charge in [0, 0.05) is 41.7 Å². The Kier molecular flexibility index (Phi) is 5.73. The zero-order valence-electron chi connectivity index (χ0n) is 24.4. The number of nitrogens with zero attached hydrogens (tertiary/aromatic N) is 2. The summed E-state index contributed by atoms with van der Waals surface area (Å²) in [4.78, 5) is 2.49. The van der Waals surface area contributed by atoms with Gasteiger partial charge in [-0.05, 0) is 69.9 Å². The van der Waals surface area contributed by atoms with Gasteiger partial charge in [0.1, 0.15) is 5.82 Å². The van der Waals surface area contributed by atoms with Crippen LogP contribution < -0.4 is 15.5 Å². The summed E-state index contributed by atoms with van der Waals surface area (Å²) in [6, 6.07) is 37.5. The fourth-order valence-corrected chi connectivity index (χ4v) is 7.40.